The van der Waals surface area contributed by atoms with E-state index in [2.05, 4.69) is 15.7 Å². The normalized spacial score (nSPS) is 15.2. The van der Waals surface area contributed by atoms with E-state index in [0.717, 1.165) is 5.56 Å². The highest BCUT2D eigenvalue weighted by Crippen LogP contribution is 2.38. The molecule has 2 heterocycles. The Labute approximate surface area is 177 Å². The van der Waals surface area contributed by atoms with Crippen molar-refractivity contribution < 1.29 is 19.1 Å². The van der Waals surface area contributed by atoms with Gasteiger partial charge in [-0.15, -0.1) is 0 Å². The third-order valence-corrected chi connectivity index (χ3v) is 5.14. The number of methoxy groups -OCH3 is 2. The van der Waals surface area contributed by atoms with Crippen molar-refractivity contribution in [3.05, 3.63) is 53.7 Å². The van der Waals surface area contributed by atoms with E-state index in [-0.39, 0.29) is 18.2 Å². The molecule has 0 spiro atoms. The van der Waals surface area contributed by atoms with Gasteiger partial charge in [-0.05, 0) is 24.3 Å². The first-order valence-corrected chi connectivity index (χ1v) is 9.54. The lowest BCUT2D eigenvalue weighted by atomic mass is 10.1. The summed E-state index contributed by atoms with van der Waals surface area (Å²) in [6, 6.07) is 11.5. The van der Waals surface area contributed by atoms with Crippen molar-refractivity contribution in [2.45, 2.75) is 12.5 Å². The fraction of sp³-hybridized carbons (Fsp3) is 0.190. The topological polar surface area (TPSA) is 94.5 Å². The van der Waals surface area contributed by atoms with Crippen LogP contribution in [0.2, 0.25) is 5.02 Å². The molecule has 154 valence electrons. The first kappa shape index (κ1) is 19.8. The van der Waals surface area contributed by atoms with Crippen molar-refractivity contribution in [2.75, 3.05) is 24.9 Å². The second-order valence-corrected chi connectivity index (χ2v) is 7.07. The molecule has 0 saturated heterocycles. The summed E-state index contributed by atoms with van der Waals surface area (Å²) < 4.78 is 12.1. The molecule has 9 heteroatoms. The number of hydrogen-bond donors (Lipinski definition) is 2. The first-order chi connectivity index (χ1) is 14.5. The lowest BCUT2D eigenvalue weighted by Gasteiger charge is -2.25. The Morgan fingerprint density at radius 2 is 1.93 bits per heavy atom. The third kappa shape index (κ3) is 3.57. The Kier molecular flexibility index (Phi) is 5.33. The molecule has 1 aliphatic rings. The van der Waals surface area contributed by atoms with Crippen LogP contribution in [-0.2, 0) is 9.59 Å². The SMILES string of the molecule is COc1ccc(NC(=O)[C@H]2CC(=O)Nc3c(-c4ccccc4OC)cnn32)cc1Cl. The molecule has 0 unspecified atom stereocenters. The molecule has 0 saturated carbocycles. The molecule has 0 radical (unpaired) electrons. The minimum absolute atomic E-state index is 0.0320. The monoisotopic (exact) mass is 426 g/mol. The highest BCUT2D eigenvalue weighted by Gasteiger charge is 2.33. The van der Waals surface area contributed by atoms with Crippen LogP contribution in [0.1, 0.15) is 12.5 Å². The maximum absolute atomic E-state index is 13.0. The number of carbonyl (C=O) groups excluding carboxylic acids is 2. The van der Waals surface area contributed by atoms with Gasteiger partial charge in [-0.2, -0.15) is 5.10 Å². The number of anilines is 2. The van der Waals surface area contributed by atoms with Gasteiger partial charge < -0.3 is 20.1 Å². The number of nitrogens with zero attached hydrogens (tertiary/aromatic N) is 2. The Hall–Kier alpha value is -3.52. The second kappa shape index (κ2) is 8.08. The van der Waals surface area contributed by atoms with Crippen LogP contribution in [0.5, 0.6) is 11.5 Å². The number of hydrogen-bond acceptors (Lipinski definition) is 5. The summed E-state index contributed by atoms with van der Waals surface area (Å²) in [6.45, 7) is 0. The smallest absolute Gasteiger partial charge is 0.249 e. The van der Waals surface area contributed by atoms with Crippen LogP contribution < -0.4 is 20.1 Å². The predicted octanol–water partition coefficient (Wildman–Crippen LogP) is 3.74. The van der Waals surface area contributed by atoms with Gasteiger partial charge in [0.2, 0.25) is 11.8 Å². The van der Waals surface area contributed by atoms with Gasteiger partial charge in [-0.1, -0.05) is 29.8 Å². The van der Waals surface area contributed by atoms with Gasteiger partial charge in [-0.3, -0.25) is 9.59 Å². The van der Waals surface area contributed by atoms with Gasteiger partial charge in [-0.25, -0.2) is 4.68 Å². The van der Waals surface area contributed by atoms with E-state index in [1.807, 2.05) is 24.3 Å². The molecule has 1 atom stereocenters. The van der Waals surface area contributed by atoms with E-state index >= 15 is 0 Å². The molecule has 3 aromatic rings. The second-order valence-electron chi connectivity index (χ2n) is 6.66. The summed E-state index contributed by atoms with van der Waals surface area (Å²) in [6.07, 6.45) is 1.58. The number of fused-ring (bicyclic) bond motifs is 1. The number of aromatic nitrogens is 2. The van der Waals surface area contributed by atoms with Crippen LogP contribution in [0.4, 0.5) is 11.5 Å². The standard InChI is InChI=1S/C21H19ClN4O4/c1-29-17-6-4-3-5-13(17)14-11-23-26-16(10-19(27)25-20(14)26)21(28)24-12-7-8-18(30-2)15(22)9-12/h3-9,11,16H,10H2,1-2H3,(H,24,28)(H,25,27)/t16-/m1/s1. The van der Waals surface area contributed by atoms with E-state index in [0.29, 0.717) is 33.6 Å². The minimum atomic E-state index is -0.807. The van der Waals surface area contributed by atoms with Crippen molar-refractivity contribution in [2.24, 2.45) is 0 Å². The maximum Gasteiger partial charge on any atom is 0.249 e. The van der Waals surface area contributed by atoms with Gasteiger partial charge >= 0.3 is 0 Å². The molecule has 0 bridgehead atoms. The van der Waals surface area contributed by atoms with Crippen LogP contribution >= 0.6 is 11.6 Å². The molecule has 1 aromatic heterocycles. The molecule has 2 amide bonds. The molecular weight excluding hydrogens is 408 g/mol. The largest absolute Gasteiger partial charge is 0.496 e. The van der Waals surface area contributed by atoms with Gasteiger partial charge in [0.05, 0.1) is 31.9 Å². The van der Waals surface area contributed by atoms with Crippen LogP contribution in [0, 0.1) is 0 Å². The van der Waals surface area contributed by atoms with Crippen LogP contribution in [0.15, 0.2) is 48.7 Å². The average molecular weight is 427 g/mol. The molecule has 1 aliphatic heterocycles. The maximum atomic E-state index is 13.0. The number of rotatable bonds is 5. The summed E-state index contributed by atoms with van der Waals surface area (Å²) in [5.74, 6) is 0.947. The molecule has 2 aromatic carbocycles. The molecule has 2 N–H and O–H groups in total. The van der Waals surface area contributed by atoms with Crippen molar-refractivity contribution in [3.8, 4) is 22.6 Å². The van der Waals surface area contributed by atoms with Crippen LogP contribution in [-0.4, -0.2) is 35.8 Å². The number of amides is 2. The zero-order chi connectivity index (χ0) is 21.3. The lowest BCUT2D eigenvalue weighted by molar-refractivity contribution is -0.125. The fourth-order valence-electron chi connectivity index (χ4n) is 3.41. The molecule has 0 fully saturated rings. The molecule has 8 nitrogen and oxygen atoms in total. The van der Waals surface area contributed by atoms with Gasteiger partial charge in [0, 0.05) is 16.8 Å². The number of halogens is 1. The van der Waals surface area contributed by atoms with E-state index < -0.39 is 6.04 Å². The highest BCUT2D eigenvalue weighted by molar-refractivity contribution is 6.32. The quantitative estimate of drug-likeness (QED) is 0.648. The minimum Gasteiger partial charge on any atom is -0.496 e. The van der Waals surface area contributed by atoms with Crippen molar-refractivity contribution in [1.29, 1.82) is 0 Å². The Bertz CT molecular complexity index is 1130. The summed E-state index contributed by atoms with van der Waals surface area (Å²) in [5.41, 5.74) is 1.94. The van der Waals surface area contributed by atoms with Crippen LogP contribution in [0.25, 0.3) is 11.1 Å². The van der Waals surface area contributed by atoms with Crippen molar-refractivity contribution in [3.63, 3.8) is 0 Å². The van der Waals surface area contributed by atoms with E-state index in [4.69, 9.17) is 21.1 Å². The predicted molar refractivity (Wildman–Crippen MR) is 113 cm³/mol. The zero-order valence-corrected chi connectivity index (χ0v) is 17.1. The summed E-state index contributed by atoms with van der Waals surface area (Å²) in [7, 11) is 3.09. The average Bonchev–Trinajstić information content (AvgIpc) is 3.16. The van der Waals surface area contributed by atoms with Crippen LogP contribution in [0.3, 0.4) is 0 Å². The fourth-order valence-corrected chi connectivity index (χ4v) is 3.66. The third-order valence-electron chi connectivity index (χ3n) is 4.85. The summed E-state index contributed by atoms with van der Waals surface area (Å²) in [5, 5.41) is 10.4. The first-order valence-electron chi connectivity index (χ1n) is 9.17. The Morgan fingerprint density at radius 3 is 2.67 bits per heavy atom. The lowest BCUT2D eigenvalue weighted by Crippen LogP contribution is -2.35. The zero-order valence-electron chi connectivity index (χ0n) is 16.3. The summed E-state index contributed by atoms with van der Waals surface area (Å²) >= 11 is 6.13. The molecule has 30 heavy (non-hydrogen) atoms. The van der Waals surface area contributed by atoms with Crippen molar-refractivity contribution >= 4 is 34.9 Å². The van der Waals surface area contributed by atoms with Crippen molar-refractivity contribution in [1.82, 2.24) is 9.78 Å². The Balaban J connectivity index is 1.66. The molecule has 0 aliphatic carbocycles. The van der Waals surface area contributed by atoms with Gasteiger partial charge in [0.15, 0.2) is 0 Å². The number of carbonyl (C=O) groups is 2. The van der Waals surface area contributed by atoms with Gasteiger partial charge in [0.25, 0.3) is 0 Å². The van der Waals surface area contributed by atoms with E-state index in [1.54, 1.807) is 31.5 Å². The number of benzene rings is 2. The van der Waals surface area contributed by atoms with E-state index in [9.17, 15) is 9.59 Å². The number of para-hydroxylation sites is 1. The summed E-state index contributed by atoms with van der Waals surface area (Å²) in [4.78, 5) is 25.3. The van der Waals surface area contributed by atoms with E-state index in [1.165, 1.54) is 11.8 Å². The number of ether oxygens (including phenoxy) is 2. The molecule has 4 rings (SSSR count). The molecular formula is C21H19ClN4O4. The Morgan fingerprint density at radius 1 is 1.17 bits per heavy atom. The van der Waals surface area contributed by atoms with Gasteiger partial charge in [0.1, 0.15) is 23.4 Å². The highest BCUT2D eigenvalue weighted by atomic mass is 35.5. The number of nitrogens with one attached hydrogen (secondary N) is 2.